The van der Waals surface area contributed by atoms with Crippen LogP contribution in [-0.4, -0.2) is 36.8 Å². The molecular weight excluding hydrogens is 330 g/mol. The van der Waals surface area contributed by atoms with Crippen LogP contribution >= 0.6 is 12.4 Å². The highest BCUT2D eigenvalue weighted by atomic mass is 35.5. The van der Waals surface area contributed by atoms with Crippen LogP contribution in [0.1, 0.15) is 19.8 Å². The van der Waals surface area contributed by atoms with Gasteiger partial charge in [0.2, 0.25) is 10.0 Å². The standard InChI is InChI=1S/C13H19N3O4S.ClH/c1-10-3-2-8-15(13(10)9-14)21(19,20)12-6-4-11(5-7-12)16(17)18;/h4-7,10,13H,2-3,8-9,14H2,1H3;1H. The minimum absolute atomic E-state index is 0. The topological polar surface area (TPSA) is 107 Å². The molecule has 0 radical (unpaired) electrons. The molecule has 1 aromatic carbocycles. The highest BCUT2D eigenvalue weighted by Gasteiger charge is 2.36. The van der Waals surface area contributed by atoms with Gasteiger partial charge in [-0.2, -0.15) is 4.31 Å². The molecule has 1 fully saturated rings. The molecule has 2 atom stereocenters. The molecule has 22 heavy (non-hydrogen) atoms. The van der Waals surface area contributed by atoms with E-state index in [1.165, 1.54) is 28.6 Å². The Morgan fingerprint density at radius 1 is 1.36 bits per heavy atom. The van der Waals surface area contributed by atoms with Crippen LogP contribution in [-0.2, 0) is 10.0 Å². The molecule has 2 unspecified atom stereocenters. The van der Waals surface area contributed by atoms with Crippen molar-refractivity contribution in [2.24, 2.45) is 11.7 Å². The van der Waals surface area contributed by atoms with E-state index < -0.39 is 14.9 Å². The predicted molar refractivity (Wildman–Crippen MR) is 85.5 cm³/mol. The third-order valence-electron chi connectivity index (χ3n) is 3.96. The summed E-state index contributed by atoms with van der Waals surface area (Å²) in [6.45, 7) is 2.70. The van der Waals surface area contributed by atoms with Crippen LogP contribution < -0.4 is 5.73 Å². The molecule has 124 valence electrons. The van der Waals surface area contributed by atoms with Gasteiger partial charge in [-0.25, -0.2) is 8.42 Å². The molecule has 0 saturated carbocycles. The molecule has 0 aliphatic carbocycles. The lowest BCUT2D eigenvalue weighted by molar-refractivity contribution is -0.384. The Morgan fingerprint density at radius 3 is 2.45 bits per heavy atom. The first-order valence-corrected chi connectivity index (χ1v) is 8.28. The van der Waals surface area contributed by atoms with Gasteiger partial charge in [-0.15, -0.1) is 12.4 Å². The average molecular weight is 350 g/mol. The van der Waals surface area contributed by atoms with Gasteiger partial charge in [0, 0.05) is 31.3 Å². The fourth-order valence-electron chi connectivity index (χ4n) is 2.73. The first kappa shape index (κ1) is 18.8. The molecule has 1 saturated heterocycles. The maximum absolute atomic E-state index is 12.7. The van der Waals surface area contributed by atoms with Gasteiger partial charge in [0.1, 0.15) is 0 Å². The van der Waals surface area contributed by atoms with Gasteiger partial charge < -0.3 is 5.73 Å². The zero-order valence-electron chi connectivity index (χ0n) is 12.2. The summed E-state index contributed by atoms with van der Waals surface area (Å²) in [6.07, 6.45) is 1.75. The average Bonchev–Trinajstić information content (AvgIpc) is 2.47. The first-order valence-electron chi connectivity index (χ1n) is 6.84. The monoisotopic (exact) mass is 349 g/mol. The van der Waals surface area contributed by atoms with E-state index in [0.717, 1.165) is 12.8 Å². The summed E-state index contributed by atoms with van der Waals surface area (Å²) in [5.41, 5.74) is 5.60. The van der Waals surface area contributed by atoms with E-state index in [9.17, 15) is 18.5 Å². The molecule has 0 amide bonds. The maximum atomic E-state index is 12.7. The first-order chi connectivity index (χ1) is 9.87. The lowest BCUT2D eigenvalue weighted by Gasteiger charge is -2.38. The third kappa shape index (κ3) is 3.57. The van der Waals surface area contributed by atoms with Gasteiger partial charge in [-0.05, 0) is 30.9 Å². The van der Waals surface area contributed by atoms with E-state index in [1.807, 2.05) is 6.92 Å². The van der Waals surface area contributed by atoms with Crippen LogP contribution in [0.5, 0.6) is 0 Å². The highest BCUT2D eigenvalue weighted by molar-refractivity contribution is 7.89. The lowest BCUT2D eigenvalue weighted by Crippen LogP contribution is -2.51. The SMILES string of the molecule is CC1CCCN(S(=O)(=O)c2ccc([N+](=O)[O-])cc2)C1CN.Cl. The number of rotatable bonds is 4. The molecule has 0 aromatic heterocycles. The largest absolute Gasteiger partial charge is 0.329 e. The van der Waals surface area contributed by atoms with E-state index >= 15 is 0 Å². The van der Waals surface area contributed by atoms with Crippen molar-refractivity contribution in [1.82, 2.24) is 4.31 Å². The molecular formula is C13H20ClN3O4S. The molecule has 7 nitrogen and oxygen atoms in total. The van der Waals surface area contributed by atoms with Crippen molar-refractivity contribution < 1.29 is 13.3 Å². The Labute approximate surface area is 136 Å². The summed E-state index contributed by atoms with van der Waals surface area (Å²) in [6, 6.07) is 4.75. The van der Waals surface area contributed by atoms with Gasteiger partial charge >= 0.3 is 0 Å². The van der Waals surface area contributed by atoms with E-state index in [2.05, 4.69) is 0 Å². The van der Waals surface area contributed by atoms with E-state index in [1.54, 1.807) is 0 Å². The quantitative estimate of drug-likeness (QED) is 0.658. The Morgan fingerprint density at radius 2 is 1.95 bits per heavy atom. The van der Waals surface area contributed by atoms with E-state index in [0.29, 0.717) is 6.54 Å². The summed E-state index contributed by atoms with van der Waals surface area (Å²) in [5, 5.41) is 10.6. The lowest BCUT2D eigenvalue weighted by atomic mass is 9.93. The smallest absolute Gasteiger partial charge is 0.269 e. The Hall–Kier alpha value is -1.22. The number of benzene rings is 1. The van der Waals surface area contributed by atoms with Crippen molar-refractivity contribution in [3.05, 3.63) is 34.4 Å². The molecule has 2 N–H and O–H groups in total. The normalized spacial score (nSPS) is 22.8. The minimum atomic E-state index is -3.67. The summed E-state index contributed by atoms with van der Waals surface area (Å²) in [4.78, 5) is 10.2. The Kier molecular flexibility index (Phi) is 6.30. The van der Waals surface area contributed by atoms with Gasteiger partial charge in [0.05, 0.1) is 9.82 Å². The van der Waals surface area contributed by atoms with Crippen LogP contribution in [0.2, 0.25) is 0 Å². The van der Waals surface area contributed by atoms with Crippen molar-refractivity contribution in [3.63, 3.8) is 0 Å². The molecule has 1 aliphatic rings. The second-order valence-corrected chi connectivity index (χ2v) is 7.18. The zero-order valence-corrected chi connectivity index (χ0v) is 13.8. The molecule has 9 heteroatoms. The molecule has 1 aromatic rings. The van der Waals surface area contributed by atoms with Crippen LogP contribution in [0, 0.1) is 16.0 Å². The highest BCUT2D eigenvalue weighted by Crippen LogP contribution is 2.29. The number of sulfonamides is 1. The van der Waals surface area contributed by atoms with Crippen molar-refractivity contribution in [2.45, 2.75) is 30.7 Å². The number of nitro benzene ring substituents is 1. The van der Waals surface area contributed by atoms with Crippen molar-refractivity contribution in [3.8, 4) is 0 Å². The number of halogens is 1. The molecule has 1 aliphatic heterocycles. The van der Waals surface area contributed by atoms with Crippen molar-refractivity contribution >= 4 is 28.1 Å². The molecule has 0 spiro atoms. The number of hydrogen-bond acceptors (Lipinski definition) is 5. The number of nitrogens with two attached hydrogens (primary N) is 1. The molecule has 1 heterocycles. The number of nitro groups is 1. The van der Waals surface area contributed by atoms with Gasteiger partial charge in [0.15, 0.2) is 0 Å². The van der Waals surface area contributed by atoms with E-state index in [4.69, 9.17) is 5.73 Å². The Balaban J connectivity index is 0.00000242. The molecule has 0 bridgehead atoms. The van der Waals surface area contributed by atoms with Crippen molar-refractivity contribution in [1.29, 1.82) is 0 Å². The van der Waals surface area contributed by atoms with E-state index in [-0.39, 0.29) is 41.5 Å². The summed E-state index contributed by atoms with van der Waals surface area (Å²) >= 11 is 0. The fourth-order valence-corrected chi connectivity index (χ4v) is 4.51. The van der Waals surface area contributed by atoms with Crippen LogP contribution in [0.3, 0.4) is 0 Å². The third-order valence-corrected chi connectivity index (χ3v) is 5.90. The fraction of sp³-hybridized carbons (Fsp3) is 0.538. The van der Waals surface area contributed by atoms with Crippen LogP contribution in [0.4, 0.5) is 5.69 Å². The number of piperidine rings is 1. The number of non-ortho nitro benzene ring substituents is 1. The predicted octanol–water partition coefficient (Wildman–Crippen LogP) is 1.76. The summed E-state index contributed by atoms with van der Waals surface area (Å²) < 4.78 is 26.8. The van der Waals surface area contributed by atoms with Crippen LogP contribution in [0.25, 0.3) is 0 Å². The minimum Gasteiger partial charge on any atom is -0.329 e. The maximum Gasteiger partial charge on any atom is 0.269 e. The zero-order chi connectivity index (χ0) is 15.6. The van der Waals surface area contributed by atoms with Crippen molar-refractivity contribution in [2.75, 3.05) is 13.1 Å². The second-order valence-electron chi connectivity index (χ2n) is 5.29. The van der Waals surface area contributed by atoms with Crippen LogP contribution in [0.15, 0.2) is 29.2 Å². The summed E-state index contributed by atoms with van der Waals surface area (Å²) in [5.74, 6) is 0.205. The number of hydrogen-bond donors (Lipinski definition) is 1. The summed E-state index contributed by atoms with van der Waals surface area (Å²) in [7, 11) is -3.67. The van der Waals surface area contributed by atoms with Gasteiger partial charge in [-0.3, -0.25) is 10.1 Å². The molecule has 2 rings (SSSR count). The van der Waals surface area contributed by atoms with Gasteiger partial charge in [-0.1, -0.05) is 6.92 Å². The Bertz CT molecular complexity index is 621. The van der Waals surface area contributed by atoms with Gasteiger partial charge in [0.25, 0.3) is 5.69 Å². The number of nitrogens with zero attached hydrogens (tertiary/aromatic N) is 2. The second kappa shape index (κ2) is 7.36.